The van der Waals surface area contributed by atoms with Gasteiger partial charge in [-0.05, 0) is 29.8 Å². The highest BCUT2D eigenvalue weighted by Crippen LogP contribution is 2.25. The third kappa shape index (κ3) is 3.98. The van der Waals surface area contributed by atoms with Gasteiger partial charge in [0.15, 0.2) is 0 Å². The molecule has 0 bridgehead atoms. The Bertz CT molecular complexity index is 1230. The Labute approximate surface area is 174 Å². The van der Waals surface area contributed by atoms with E-state index in [2.05, 4.69) is 14.8 Å². The number of aromatic nitrogens is 4. The topological polar surface area (TPSA) is 91.0 Å². The summed E-state index contributed by atoms with van der Waals surface area (Å²) < 4.78 is 37.6. The Morgan fingerprint density at radius 3 is 2.43 bits per heavy atom. The maximum Gasteiger partial charge on any atom is 0.244 e. The van der Waals surface area contributed by atoms with Crippen LogP contribution in [0.5, 0.6) is 5.75 Å². The molecule has 2 aromatic heterocycles. The molecule has 4 rings (SSSR count). The highest BCUT2D eigenvalue weighted by Gasteiger charge is 2.27. The summed E-state index contributed by atoms with van der Waals surface area (Å²) in [5.41, 5.74) is 1.51. The van der Waals surface area contributed by atoms with E-state index in [4.69, 9.17) is 4.74 Å². The number of aryl methyl sites for hydroxylation is 1. The molecule has 1 unspecified atom stereocenters. The molecule has 0 amide bonds. The molecular weight excluding hydrogens is 402 g/mol. The van der Waals surface area contributed by atoms with Crippen molar-refractivity contribution in [1.82, 2.24) is 24.1 Å². The Balaban J connectivity index is 1.68. The normalized spacial score (nSPS) is 12.6. The molecule has 2 heterocycles. The quantitative estimate of drug-likeness (QED) is 0.494. The Morgan fingerprint density at radius 1 is 1.07 bits per heavy atom. The van der Waals surface area contributed by atoms with Crippen molar-refractivity contribution in [3.05, 3.63) is 90.8 Å². The number of ether oxygens (including phenoxy) is 1. The lowest BCUT2D eigenvalue weighted by Gasteiger charge is -2.19. The van der Waals surface area contributed by atoms with Crippen molar-refractivity contribution in [2.24, 2.45) is 7.05 Å². The number of para-hydroxylation sites is 1. The van der Waals surface area contributed by atoms with Gasteiger partial charge in [0, 0.05) is 19.4 Å². The standard InChI is InChI=1S/C21H21N5O3S/c1-25-13-12-22-21(25)20(16-8-10-18(29-2)11-9-16)24-30(27,28)19-14-23-26(15-19)17-6-4-3-5-7-17/h3-15,20,24H,1-2H3. The summed E-state index contributed by atoms with van der Waals surface area (Å²) in [7, 11) is -0.469. The second-order valence-corrected chi connectivity index (χ2v) is 8.39. The molecule has 2 aromatic carbocycles. The summed E-state index contributed by atoms with van der Waals surface area (Å²) in [6.07, 6.45) is 6.22. The zero-order chi connectivity index (χ0) is 21.1. The lowest BCUT2D eigenvalue weighted by Crippen LogP contribution is -2.31. The molecule has 9 heteroatoms. The van der Waals surface area contributed by atoms with Crippen LogP contribution >= 0.6 is 0 Å². The molecule has 0 saturated heterocycles. The number of nitrogens with one attached hydrogen (secondary N) is 1. The van der Waals surface area contributed by atoms with E-state index < -0.39 is 16.1 Å². The van der Waals surface area contributed by atoms with E-state index in [0.29, 0.717) is 11.6 Å². The van der Waals surface area contributed by atoms with Crippen molar-refractivity contribution in [1.29, 1.82) is 0 Å². The van der Waals surface area contributed by atoms with Crippen molar-refractivity contribution < 1.29 is 13.2 Å². The average Bonchev–Trinajstić information content (AvgIpc) is 3.43. The van der Waals surface area contributed by atoms with Gasteiger partial charge in [0.2, 0.25) is 10.0 Å². The zero-order valence-electron chi connectivity index (χ0n) is 16.5. The van der Waals surface area contributed by atoms with Crippen LogP contribution in [0.3, 0.4) is 0 Å². The molecule has 154 valence electrons. The molecule has 0 radical (unpaired) electrons. The van der Waals surface area contributed by atoms with Crippen molar-refractivity contribution >= 4 is 10.0 Å². The van der Waals surface area contributed by atoms with Gasteiger partial charge in [-0.15, -0.1) is 0 Å². The van der Waals surface area contributed by atoms with Crippen LogP contribution in [0.1, 0.15) is 17.4 Å². The minimum Gasteiger partial charge on any atom is -0.497 e. The number of methoxy groups -OCH3 is 1. The summed E-state index contributed by atoms with van der Waals surface area (Å²) in [6.45, 7) is 0. The van der Waals surface area contributed by atoms with Gasteiger partial charge < -0.3 is 9.30 Å². The summed E-state index contributed by atoms with van der Waals surface area (Å²) in [5.74, 6) is 1.25. The van der Waals surface area contributed by atoms with Crippen LogP contribution in [-0.4, -0.2) is 34.9 Å². The minimum atomic E-state index is -3.87. The molecule has 8 nitrogen and oxygen atoms in total. The minimum absolute atomic E-state index is 0.0686. The maximum absolute atomic E-state index is 13.2. The van der Waals surface area contributed by atoms with Crippen molar-refractivity contribution in [2.75, 3.05) is 7.11 Å². The molecule has 0 aliphatic rings. The molecule has 0 fully saturated rings. The molecule has 0 aliphatic carbocycles. The van der Waals surface area contributed by atoms with Crippen LogP contribution in [0.4, 0.5) is 0 Å². The second-order valence-electron chi connectivity index (χ2n) is 6.68. The van der Waals surface area contributed by atoms with Crippen LogP contribution in [-0.2, 0) is 17.1 Å². The molecule has 1 N–H and O–H groups in total. The first kappa shape index (κ1) is 19.9. The van der Waals surface area contributed by atoms with Gasteiger partial charge in [0.25, 0.3) is 0 Å². The van der Waals surface area contributed by atoms with Gasteiger partial charge >= 0.3 is 0 Å². The molecule has 30 heavy (non-hydrogen) atoms. The third-order valence-electron chi connectivity index (χ3n) is 4.73. The predicted octanol–water partition coefficient (Wildman–Crippen LogP) is 2.68. The SMILES string of the molecule is COc1ccc(C(NS(=O)(=O)c2cnn(-c3ccccc3)c2)c2nccn2C)cc1. The number of hydrogen-bond acceptors (Lipinski definition) is 5. The summed E-state index contributed by atoms with van der Waals surface area (Å²) in [4.78, 5) is 4.42. The monoisotopic (exact) mass is 423 g/mol. The van der Waals surface area contributed by atoms with Gasteiger partial charge in [-0.3, -0.25) is 0 Å². The Morgan fingerprint density at radius 2 is 1.80 bits per heavy atom. The van der Waals surface area contributed by atoms with Crippen molar-refractivity contribution in [2.45, 2.75) is 10.9 Å². The highest BCUT2D eigenvalue weighted by atomic mass is 32.2. The fourth-order valence-corrected chi connectivity index (χ4v) is 4.22. The first-order valence-corrected chi connectivity index (χ1v) is 10.7. The van der Waals surface area contributed by atoms with E-state index >= 15 is 0 Å². The maximum atomic E-state index is 13.2. The molecule has 4 aromatic rings. The van der Waals surface area contributed by atoms with E-state index in [0.717, 1.165) is 11.3 Å². The summed E-state index contributed by atoms with van der Waals surface area (Å²) in [5, 5.41) is 4.20. The number of imidazole rings is 1. The van der Waals surface area contributed by atoms with Gasteiger partial charge in [-0.2, -0.15) is 9.82 Å². The van der Waals surface area contributed by atoms with Crippen LogP contribution in [0, 0.1) is 0 Å². The number of nitrogens with zero attached hydrogens (tertiary/aromatic N) is 4. The third-order valence-corrected chi connectivity index (χ3v) is 6.11. The van der Waals surface area contributed by atoms with Gasteiger partial charge in [0.1, 0.15) is 22.5 Å². The summed E-state index contributed by atoms with van der Waals surface area (Å²) in [6, 6.07) is 15.8. The van der Waals surface area contributed by atoms with Gasteiger partial charge in [-0.1, -0.05) is 30.3 Å². The second kappa shape index (κ2) is 8.13. The van der Waals surface area contributed by atoms with Crippen LogP contribution in [0.15, 0.2) is 84.3 Å². The average molecular weight is 423 g/mol. The number of sulfonamides is 1. The zero-order valence-corrected chi connectivity index (χ0v) is 17.3. The molecule has 0 saturated carbocycles. The number of hydrogen-bond donors (Lipinski definition) is 1. The van der Waals surface area contributed by atoms with E-state index in [9.17, 15) is 8.42 Å². The van der Waals surface area contributed by atoms with E-state index in [-0.39, 0.29) is 4.90 Å². The predicted molar refractivity (Wildman–Crippen MR) is 112 cm³/mol. The van der Waals surface area contributed by atoms with E-state index in [1.54, 1.807) is 36.2 Å². The van der Waals surface area contributed by atoms with Crippen LogP contribution < -0.4 is 9.46 Å². The lowest BCUT2D eigenvalue weighted by molar-refractivity contribution is 0.414. The largest absolute Gasteiger partial charge is 0.497 e. The molecule has 0 spiro atoms. The van der Waals surface area contributed by atoms with E-state index in [1.807, 2.05) is 49.5 Å². The van der Waals surface area contributed by atoms with Crippen LogP contribution in [0.25, 0.3) is 5.69 Å². The van der Waals surface area contributed by atoms with Gasteiger partial charge in [-0.25, -0.2) is 18.1 Å². The molecule has 0 aliphatic heterocycles. The van der Waals surface area contributed by atoms with Crippen molar-refractivity contribution in [3.63, 3.8) is 0 Å². The lowest BCUT2D eigenvalue weighted by atomic mass is 10.1. The smallest absolute Gasteiger partial charge is 0.244 e. The highest BCUT2D eigenvalue weighted by molar-refractivity contribution is 7.89. The Kier molecular flexibility index (Phi) is 5.39. The number of rotatable bonds is 7. The first-order valence-electron chi connectivity index (χ1n) is 9.21. The summed E-state index contributed by atoms with van der Waals surface area (Å²) >= 11 is 0. The molecular formula is C21H21N5O3S. The fourth-order valence-electron chi connectivity index (χ4n) is 3.11. The Hall–Kier alpha value is -3.43. The van der Waals surface area contributed by atoms with Crippen LogP contribution in [0.2, 0.25) is 0 Å². The number of benzene rings is 2. The first-order chi connectivity index (χ1) is 14.5. The van der Waals surface area contributed by atoms with E-state index in [1.165, 1.54) is 17.1 Å². The van der Waals surface area contributed by atoms with Crippen molar-refractivity contribution in [3.8, 4) is 11.4 Å². The van der Waals surface area contributed by atoms with Gasteiger partial charge in [0.05, 0.1) is 25.2 Å². The fraction of sp³-hybridized carbons (Fsp3) is 0.143. The molecule has 1 atom stereocenters.